The molecule has 62 heavy (non-hydrogen) atoms. The zero-order valence-corrected chi connectivity index (χ0v) is 42.4. The minimum absolute atomic E-state index is 0.0258. The Kier molecular flexibility index (Phi) is 53.2. The Morgan fingerprint density at radius 1 is 0.387 bits per heavy atom. The maximum atomic E-state index is 12.5. The molecule has 3 N–H and O–H groups in total. The van der Waals surface area contributed by atoms with Gasteiger partial charge in [-0.25, -0.2) is 0 Å². The Morgan fingerprint density at radius 3 is 0.968 bits per heavy atom. The van der Waals surface area contributed by atoms with E-state index in [0.717, 1.165) is 32.1 Å². The van der Waals surface area contributed by atoms with Crippen LogP contribution in [0.3, 0.4) is 0 Å². The summed E-state index contributed by atoms with van der Waals surface area (Å²) in [6, 6.07) is -0.534. The molecule has 0 aromatic rings. The third kappa shape index (κ3) is 49.9. The van der Waals surface area contributed by atoms with E-state index in [9.17, 15) is 15.0 Å². The highest BCUT2D eigenvalue weighted by Gasteiger charge is 2.20. The molecule has 0 aliphatic heterocycles. The summed E-state index contributed by atoms with van der Waals surface area (Å²) in [5.74, 6) is -0.0258. The lowest BCUT2D eigenvalue weighted by Gasteiger charge is -2.22. The molecule has 0 rings (SSSR count). The SMILES string of the molecule is CCCCCCCCCCC/C=C\C/C=C\CCCCCCCCCCCCCCCCCCCC(=O)NC(CO)C(O)CCCCCCCCCCCCCCCCCCC. The molecule has 0 saturated heterocycles. The monoisotopic (exact) mass is 872 g/mol. The van der Waals surface area contributed by atoms with Crippen molar-refractivity contribution in [2.75, 3.05) is 6.61 Å². The van der Waals surface area contributed by atoms with Crippen molar-refractivity contribution in [3.63, 3.8) is 0 Å². The van der Waals surface area contributed by atoms with Gasteiger partial charge in [0.05, 0.1) is 18.8 Å². The van der Waals surface area contributed by atoms with E-state index in [-0.39, 0.29) is 12.5 Å². The van der Waals surface area contributed by atoms with Crippen molar-refractivity contribution in [3.8, 4) is 0 Å². The molecule has 0 fully saturated rings. The Balaban J connectivity index is 3.41. The van der Waals surface area contributed by atoms with Crippen LogP contribution in [0.25, 0.3) is 0 Å². The molecule has 2 atom stereocenters. The second-order valence-corrected chi connectivity index (χ2v) is 19.7. The van der Waals surface area contributed by atoms with Gasteiger partial charge in [0.2, 0.25) is 5.91 Å². The number of rotatable bonds is 53. The molecule has 0 heterocycles. The van der Waals surface area contributed by atoms with Gasteiger partial charge in [-0.3, -0.25) is 4.79 Å². The molecule has 368 valence electrons. The van der Waals surface area contributed by atoms with E-state index in [1.807, 2.05) is 0 Å². The summed E-state index contributed by atoms with van der Waals surface area (Å²) in [6.07, 6.45) is 71.7. The van der Waals surface area contributed by atoms with Gasteiger partial charge in [-0.1, -0.05) is 295 Å². The van der Waals surface area contributed by atoms with Gasteiger partial charge in [0, 0.05) is 6.42 Å². The van der Waals surface area contributed by atoms with E-state index in [2.05, 4.69) is 43.5 Å². The van der Waals surface area contributed by atoms with Gasteiger partial charge in [-0.15, -0.1) is 0 Å². The van der Waals surface area contributed by atoms with Crippen LogP contribution >= 0.6 is 0 Å². The number of unbranched alkanes of at least 4 members (excludes halogenated alkanes) is 42. The number of aliphatic hydroxyl groups is 2. The number of hydrogen-bond donors (Lipinski definition) is 3. The van der Waals surface area contributed by atoms with Crippen LogP contribution in [0.5, 0.6) is 0 Å². The predicted molar refractivity (Wildman–Crippen MR) is 276 cm³/mol. The summed E-state index contributed by atoms with van der Waals surface area (Å²) in [4.78, 5) is 12.5. The summed E-state index contributed by atoms with van der Waals surface area (Å²) in [6.45, 7) is 4.39. The molecule has 0 spiro atoms. The van der Waals surface area contributed by atoms with Gasteiger partial charge >= 0.3 is 0 Å². The predicted octanol–water partition coefficient (Wildman–Crippen LogP) is 18.7. The van der Waals surface area contributed by atoms with Gasteiger partial charge in [-0.2, -0.15) is 0 Å². The first kappa shape index (κ1) is 60.9. The zero-order chi connectivity index (χ0) is 44.9. The smallest absolute Gasteiger partial charge is 0.220 e. The van der Waals surface area contributed by atoms with Crippen LogP contribution in [0, 0.1) is 0 Å². The lowest BCUT2D eigenvalue weighted by Crippen LogP contribution is -2.45. The normalized spacial score (nSPS) is 12.9. The first-order valence-corrected chi connectivity index (χ1v) is 28.5. The highest BCUT2D eigenvalue weighted by Crippen LogP contribution is 2.18. The Labute approximate surface area is 389 Å². The number of nitrogens with one attached hydrogen (secondary N) is 1. The van der Waals surface area contributed by atoms with Crippen molar-refractivity contribution in [3.05, 3.63) is 24.3 Å². The van der Waals surface area contributed by atoms with Crippen molar-refractivity contribution in [1.82, 2.24) is 5.32 Å². The van der Waals surface area contributed by atoms with Gasteiger partial charge in [0.25, 0.3) is 0 Å². The maximum Gasteiger partial charge on any atom is 0.220 e. The van der Waals surface area contributed by atoms with Crippen LogP contribution in [0.1, 0.15) is 322 Å². The molecule has 4 nitrogen and oxygen atoms in total. The molecule has 0 aromatic heterocycles. The van der Waals surface area contributed by atoms with E-state index in [1.54, 1.807) is 0 Å². The highest BCUT2D eigenvalue weighted by atomic mass is 16.3. The fraction of sp³-hybridized carbons (Fsp3) is 0.914. The van der Waals surface area contributed by atoms with Crippen molar-refractivity contribution in [2.24, 2.45) is 0 Å². The molecule has 0 aromatic carbocycles. The van der Waals surface area contributed by atoms with Crippen LogP contribution in [-0.2, 0) is 4.79 Å². The van der Waals surface area contributed by atoms with Crippen LogP contribution in [0.2, 0.25) is 0 Å². The number of carbonyl (C=O) groups excluding carboxylic acids is 1. The van der Waals surface area contributed by atoms with Crippen molar-refractivity contribution >= 4 is 5.91 Å². The Bertz CT molecular complexity index is 901. The Morgan fingerprint density at radius 2 is 0.661 bits per heavy atom. The molecule has 0 bridgehead atoms. The molecule has 0 aliphatic carbocycles. The summed E-state index contributed by atoms with van der Waals surface area (Å²) in [7, 11) is 0. The van der Waals surface area contributed by atoms with Gasteiger partial charge < -0.3 is 15.5 Å². The minimum Gasteiger partial charge on any atom is -0.394 e. The molecule has 0 saturated carbocycles. The van der Waals surface area contributed by atoms with E-state index >= 15 is 0 Å². The van der Waals surface area contributed by atoms with E-state index < -0.39 is 12.1 Å². The number of amides is 1. The van der Waals surface area contributed by atoms with Gasteiger partial charge in [-0.05, 0) is 44.9 Å². The third-order valence-corrected chi connectivity index (χ3v) is 13.5. The van der Waals surface area contributed by atoms with Crippen molar-refractivity contribution < 1.29 is 15.0 Å². The fourth-order valence-corrected chi connectivity index (χ4v) is 9.10. The maximum absolute atomic E-state index is 12.5. The summed E-state index contributed by atoms with van der Waals surface area (Å²) >= 11 is 0. The molecule has 0 radical (unpaired) electrons. The van der Waals surface area contributed by atoms with Crippen molar-refractivity contribution in [2.45, 2.75) is 334 Å². The number of aliphatic hydroxyl groups excluding tert-OH is 2. The minimum atomic E-state index is -0.657. The number of allylic oxidation sites excluding steroid dienone is 4. The lowest BCUT2D eigenvalue weighted by molar-refractivity contribution is -0.123. The Hall–Kier alpha value is -1.13. The summed E-state index contributed by atoms with van der Waals surface area (Å²) < 4.78 is 0. The van der Waals surface area contributed by atoms with Crippen molar-refractivity contribution in [1.29, 1.82) is 0 Å². The third-order valence-electron chi connectivity index (χ3n) is 13.5. The molecular weight excluding hydrogens is 759 g/mol. The van der Waals surface area contributed by atoms with E-state index in [4.69, 9.17) is 0 Å². The zero-order valence-electron chi connectivity index (χ0n) is 42.4. The summed E-state index contributed by atoms with van der Waals surface area (Å²) in [5, 5.41) is 23.3. The second-order valence-electron chi connectivity index (χ2n) is 19.7. The molecule has 0 aliphatic rings. The molecule has 4 heteroatoms. The highest BCUT2D eigenvalue weighted by molar-refractivity contribution is 5.76. The number of hydrogen-bond acceptors (Lipinski definition) is 3. The number of carbonyl (C=O) groups is 1. The van der Waals surface area contributed by atoms with Crippen LogP contribution in [-0.4, -0.2) is 34.9 Å². The average Bonchev–Trinajstić information content (AvgIpc) is 3.28. The average molecular weight is 873 g/mol. The summed E-state index contributed by atoms with van der Waals surface area (Å²) in [5.41, 5.74) is 0. The largest absolute Gasteiger partial charge is 0.394 e. The second kappa shape index (κ2) is 54.2. The van der Waals surface area contributed by atoms with Crippen LogP contribution in [0.4, 0.5) is 0 Å². The van der Waals surface area contributed by atoms with Gasteiger partial charge in [0.15, 0.2) is 0 Å². The first-order chi connectivity index (χ1) is 30.7. The quantitative estimate of drug-likeness (QED) is 0.0421. The molecule has 1 amide bonds. The van der Waals surface area contributed by atoms with E-state index in [0.29, 0.717) is 12.8 Å². The van der Waals surface area contributed by atoms with Crippen LogP contribution in [0.15, 0.2) is 24.3 Å². The first-order valence-electron chi connectivity index (χ1n) is 28.5. The van der Waals surface area contributed by atoms with Gasteiger partial charge in [0.1, 0.15) is 0 Å². The van der Waals surface area contributed by atoms with E-state index in [1.165, 1.54) is 263 Å². The van der Waals surface area contributed by atoms with Crippen LogP contribution < -0.4 is 5.32 Å². The fourth-order valence-electron chi connectivity index (χ4n) is 9.10. The lowest BCUT2D eigenvalue weighted by atomic mass is 10.0. The standard InChI is InChI=1S/C58H113NO3/c1-3-5-7-9-11-13-15-17-19-21-22-23-24-25-26-27-28-29-30-31-32-33-34-35-36-38-40-42-44-46-48-50-52-54-58(62)59-56(55-60)57(61)53-51-49-47-45-43-41-39-37-20-18-16-14-12-10-8-6-4-2/h22-23,25-26,56-57,60-61H,3-21,24,27-55H2,1-2H3,(H,59,62)/b23-22-,26-25-. The molecular formula is C58H113NO3. The topological polar surface area (TPSA) is 69.6 Å². The molecule has 2 unspecified atom stereocenters.